The van der Waals surface area contributed by atoms with Gasteiger partial charge in [-0.2, -0.15) is 0 Å². The number of guanidine groups is 1. The second-order valence-corrected chi connectivity index (χ2v) is 6.13. The Morgan fingerprint density at radius 2 is 1.95 bits per heavy atom. The van der Waals surface area contributed by atoms with Crippen LogP contribution in [0.25, 0.3) is 0 Å². The van der Waals surface area contributed by atoms with Crippen molar-refractivity contribution in [1.82, 2.24) is 15.5 Å². The monoisotopic (exact) mass is 312 g/mol. The molecule has 1 aliphatic rings. The zero-order chi connectivity index (χ0) is 16.0. The third-order valence-corrected chi connectivity index (χ3v) is 4.24. The minimum Gasteiger partial charge on any atom is -0.383 e. The van der Waals surface area contributed by atoms with Crippen molar-refractivity contribution in [2.45, 2.75) is 46.0 Å². The van der Waals surface area contributed by atoms with E-state index < -0.39 is 0 Å². The van der Waals surface area contributed by atoms with Crippen LogP contribution in [0.5, 0.6) is 0 Å². The Labute approximate surface area is 136 Å². The van der Waals surface area contributed by atoms with Crippen molar-refractivity contribution in [3.8, 4) is 0 Å². The summed E-state index contributed by atoms with van der Waals surface area (Å²) in [5.74, 6) is 1.71. The number of hydrogen-bond acceptors (Lipinski definition) is 3. The highest BCUT2D eigenvalue weighted by atomic mass is 16.5. The van der Waals surface area contributed by atoms with Crippen LogP contribution in [-0.2, 0) is 4.74 Å². The highest BCUT2D eigenvalue weighted by molar-refractivity contribution is 5.79. The van der Waals surface area contributed by atoms with E-state index in [1.807, 2.05) is 0 Å². The summed E-state index contributed by atoms with van der Waals surface area (Å²) in [6.45, 7) is 11.5. The second kappa shape index (κ2) is 12.7. The average Bonchev–Trinajstić information content (AvgIpc) is 2.55. The Bertz CT molecular complexity index is 288. The van der Waals surface area contributed by atoms with Crippen molar-refractivity contribution in [3.05, 3.63) is 0 Å². The van der Waals surface area contributed by atoms with E-state index in [4.69, 9.17) is 9.73 Å². The van der Waals surface area contributed by atoms with Crippen LogP contribution in [0.3, 0.4) is 0 Å². The second-order valence-electron chi connectivity index (χ2n) is 6.13. The van der Waals surface area contributed by atoms with Gasteiger partial charge in [-0.15, -0.1) is 0 Å². The lowest BCUT2D eigenvalue weighted by Crippen LogP contribution is -2.39. The van der Waals surface area contributed by atoms with Gasteiger partial charge in [0.15, 0.2) is 5.96 Å². The number of methoxy groups -OCH3 is 1. The fourth-order valence-corrected chi connectivity index (χ4v) is 2.76. The molecule has 5 heteroatoms. The van der Waals surface area contributed by atoms with Crippen LogP contribution in [0.15, 0.2) is 4.99 Å². The van der Waals surface area contributed by atoms with Crippen LogP contribution >= 0.6 is 0 Å². The zero-order valence-electron chi connectivity index (χ0n) is 14.9. The molecule has 0 aromatic heterocycles. The standard InChI is InChI=1S/C17H36N4O/c1-4-6-7-10-19-17(18-5-2)20-15-16-8-11-21(12-9-16)13-14-22-3/h16H,4-15H2,1-3H3,(H2,18,19,20). The zero-order valence-corrected chi connectivity index (χ0v) is 14.9. The van der Waals surface area contributed by atoms with E-state index in [9.17, 15) is 0 Å². The fraction of sp³-hybridized carbons (Fsp3) is 0.941. The van der Waals surface area contributed by atoms with Crippen LogP contribution in [-0.4, -0.2) is 63.8 Å². The normalized spacial score (nSPS) is 17.7. The number of nitrogens with one attached hydrogen (secondary N) is 2. The van der Waals surface area contributed by atoms with Crippen molar-refractivity contribution < 1.29 is 4.74 Å². The van der Waals surface area contributed by atoms with E-state index in [-0.39, 0.29) is 0 Å². The molecule has 0 atom stereocenters. The van der Waals surface area contributed by atoms with Gasteiger partial charge in [0.25, 0.3) is 0 Å². The van der Waals surface area contributed by atoms with Gasteiger partial charge in [-0.3, -0.25) is 4.99 Å². The fourth-order valence-electron chi connectivity index (χ4n) is 2.76. The molecule has 0 radical (unpaired) electrons. The summed E-state index contributed by atoms with van der Waals surface area (Å²) in [5.41, 5.74) is 0. The number of ether oxygens (including phenoxy) is 1. The summed E-state index contributed by atoms with van der Waals surface area (Å²) in [7, 11) is 1.78. The molecule has 0 spiro atoms. The predicted octanol–water partition coefficient (Wildman–Crippen LogP) is 2.09. The molecule has 5 nitrogen and oxygen atoms in total. The maximum absolute atomic E-state index is 5.15. The lowest BCUT2D eigenvalue weighted by molar-refractivity contribution is 0.121. The summed E-state index contributed by atoms with van der Waals surface area (Å²) in [5, 5.41) is 6.79. The molecule has 0 amide bonds. The van der Waals surface area contributed by atoms with Gasteiger partial charge in [0, 0.05) is 33.3 Å². The summed E-state index contributed by atoms with van der Waals surface area (Å²) >= 11 is 0. The van der Waals surface area contributed by atoms with E-state index in [0.717, 1.165) is 44.7 Å². The van der Waals surface area contributed by atoms with E-state index >= 15 is 0 Å². The van der Waals surface area contributed by atoms with Crippen LogP contribution in [0.1, 0.15) is 46.0 Å². The molecule has 0 aromatic rings. The number of aliphatic imine (C=N–C) groups is 1. The molecule has 0 bridgehead atoms. The quantitative estimate of drug-likeness (QED) is 0.368. The summed E-state index contributed by atoms with van der Waals surface area (Å²) < 4.78 is 5.15. The molecule has 0 aromatic carbocycles. The molecule has 1 fully saturated rings. The number of nitrogens with zero attached hydrogens (tertiary/aromatic N) is 2. The van der Waals surface area contributed by atoms with Crippen molar-refractivity contribution >= 4 is 5.96 Å². The first kappa shape index (κ1) is 19.2. The van der Waals surface area contributed by atoms with Crippen LogP contribution in [0.4, 0.5) is 0 Å². The third-order valence-electron chi connectivity index (χ3n) is 4.24. The maximum atomic E-state index is 5.15. The maximum Gasteiger partial charge on any atom is 0.191 e. The summed E-state index contributed by atoms with van der Waals surface area (Å²) in [4.78, 5) is 7.27. The van der Waals surface area contributed by atoms with Gasteiger partial charge in [0.05, 0.1) is 6.61 Å². The topological polar surface area (TPSA) is 48.9 Å². The average molecular weight is 313 g/mol. The van der Waals surface area contributed by atoms with E-state index in [1.54, 1.807) is 7.11 Å². The molecule has 1 aliphatic heterocycles. The van der Waals surface area contributed by atoms with Crippen LogP contribution in [0.2, 0.25) is 0 Å². The van der Waals surface area contributed by atoms with E-state index in [1.165, 1.54) is 45.2 Å². The highest BCUT2D eigenvalue weighted by Crippen LogP contribution is 2.17. The predicted molar refractivity (Wildman–Crippen MR) is 94.5 cm³/mol. The number of piperidine rings is 1. The van der Waals surface area contributed by atoms with Crippen molar-refractivity contribution in [1.29, 1.82) is 0 Å². The van der Waals surface area contributed by atoms with Gasteiger partial charge in [0.1, 0.15) is 0 Å². The lowest BCUT2D eigenvalue weighted by Gasteiger charge is -2.31. The first-order valence-electron chi connectivity index (χ1n) is 9.03. The first-order chi connectivity index (χ1) is 10.8. The van der Waals surface area contributed by atoms with Crippen molar-refractivity contribution in [2.24, 2.45) is 10.9 Å². The minimum atomic E-state index is 0.727. The minimum absolute atomic E-state index is 0.727. The van der Waals surface area contributed by atoms with Gasteiger partial charge in [-0.25, -0.2) is 0 Å². The lowest BCUT2D eigenvalue weighted by atomic mass is 9.97. The Balaban J connectivity index is 2.25. The Morgan fingerprint density at radius 1 is 1.18 bits per heavy atom. The van der Waals surface area contributed by atoms with E-state index in [2.05, 4.69) is 29.4 Å². The largest absolute Gasteiger partial charge is 0.383 e. The Kier molecular flexibility index (Phi) is 11.1. The van der Waals surface area contributed by atoms with Crippen molar-refractivity contribution in [2.75, 3.05) is 53.0 Å². The Morgan fingerprint density at radius 3 is 2.59 bits per heavy atom. The van der Waals surface area contributed by atoms with Gasteiger partial charge in [-0.05, 0) is 45.2 Å². The molecule has 1 rings (SSSR count). The molecule has 0 aliphatic carbocycles. The molecular formula is C17H36N4O. The SMILES string of the molecule is CCCCCNC(=NCC1CCN(CCOC)CC1)NCC. The molecule has 1 heterocycles. The molecule has 2 N–H and O–H groups in total. The molecule has 1 saturated heterocycles. The molecule has 0 saturated carbocycles. The highest BCUT2D eigenvalue weighted by Gasteiger charge is 2.18. The van der Waals surface area contributed by atoms with Gasteiger partial charge >= 0.3 is 0 Å². The van der Waals surface area contributed by atoms with Gasteiger partial charge < -0.3 is 20.3 Å². The number of unbranched alkanes of at least 4 members (excludes halogenated alkanes) is 2. The summed E-state index contributed by atoms with van der Waals surface area (Å²) in [6, 6.07) is 0. The summed E-state index contributed by atoms with van der Waals surface area (Å²) in [6.07, 6.45) is 6.27. The van der Waals surface area contributed by atoms with Crippen LogP contribution in [0, 0.1) is 5.92 Å². The van der Waals surface area contributed by atoms with Gasteiger partial charge in [0.2, 0.25) is 0 Å². The van der Waals surface area contributed by atoms with Crippen LogP contribution < -0.4 is 10.6 Å². The first-order valence-corrected chi connectivity index (χ1v) is 9.03. The third kappa shape index (κ3) is 8.59. The van der Waals surface area contributed by atoms with Gasteiger partial charge in [-0.1, -0.05) is 19.8 Å². The van der Waals surface area contributed by atoms with Crippen molar-refractivity contribution in [3.63, 3.8) is 0 Å². The molecule has 0 unspecified atom stereocenters. The molecular weight excluding hydrogens is 276 g/mol. The smallest absolute Gasteiger partial charge is 0.191 e. The molecule has 22 heavy (non-hydrogen) atoms. The number of likely N-dealkylation sites (tertiary alicyclic amines) is 1. The Hall–Kier alpha value is -0.810. The molecule has 130 valence electrons. The van der Waals surface area contributed by atoms with E-state index in [0.29, 0.717) is 0 Å². The number of hydrogen-bond donors (Lipinski definition) is 2. The number of rotatable bonds is 10.